The predicted molar refractivity (Wildman–Crippen MR) is 81.0 cm³/mol. The summed E-state index contributed by atoms with van der Waals surface area (Å²) >= 11 is 0. The summed E-state index contributed by atoms with van der Waals surface area (Å²) < 4.78 is 5.34. The summed E-state index contributed by atoms with van der Waals surface area (Å²) in [6.45, 7) is 5.21. The summed E-state index contributed by atoms with van der Waals surface area (Å²) in [5.74, 6) is 0.185. The number of benzene rings is 1. The molecule has 0 unspecified atom stereocenters. The zero-order valence-corrected chi connectivity index (χ0v) is 12.8. The summed E-state index contributed by atoms with van der Waals surface area (Å²) in [6.07, 6.45) is 0. The van der Waals surface area contributed by atoms with E-state index in [4.69, 9.17) is 14.8 Å². The number of nitriles is 1. The van der Waals surface area contributed by atoms with Gasteiger partial charge in [-0.25, -0.2) is 0 Å². The zero-order chi connectivity index (χ0) is 16.3. The van der Waals surface area contributed by atoms with Crippen molar-refractivity contribution >= 4 is 5.91 Å². The molecule has 1 aromatic heterocycles. The molecule has 2 N–H and O–H groups in total. The molecule has 0 aliphatic rings. The van der Waals surface area contributed by atoms with Crippen molar-refractivity contribution in [2.75, 3.05) is 0 Å². The third kappa shape index (κ3) is 3.18. The van der Waals surface area contributed by atoms with Gasteiger partial charge in [-0.3, -0.25) is 4.79 Å². The van der Waals surface area contributed by atoms with E-state index in [1.54, 1.807) is 31.2 Å². The van der Waals surface area contributed by atoms with Gasteiger partial charge in [-0.05, 0) is 44.5 Å². The van der Waals surface area contributed by atoms with Crippen molar-refractivity contribution < 1.29 is 14.3 Å². The van der Waals surface area contributed by atoms with Gasteiger partial charge in [0.1, 0.15) is 12.4 Å². The minimum Gasteiger partial charge on any atom is -0.453 e. The van der Waals surface area contributed by atoms with Gasteiger partial charge in [-0.15, -0.1) is 0 Å². The van der Waals surface area contributed by atoms with Gasteiger partial charge in [0.25, 0.3) is 5.91 Å². The molecule has 1 aromatic carbocycles. The molecule has 0 bridgehead atoms. The summed E-state index contributed by atoms with van der Waals surface area (Å²) in [6, 6.07) is 10.8. The van der Waals surface area contributed by atoms with Crippen LogP contribution < -0.4 is 5.32 Å². The Balaban J connectivity index is 2.25. The fourth-order valence-corrected chi connectivity index (χ4v) is 2.24. The molecule has 0 saturated carbocycles. The van der Waals surface area contributed by atoms with E-state index in [9.17, 15) is 4.79 Å². The number of carbonyl (C=O) groups excluding carboxylic acids is 1. The van der Waals surface area contributed by atoms with Crippen LogP contribution in [0.25, 0.3) is 0 Å². The van der Waals surface area contributed by atoms with Gasteiger partial charge >= 0.3 is 0 Å². The fraction of sp³-hybridized carbons (Fsp3) is 0.294. The molecule has 22 heavy (non-hydrogen) atoms. The van der Waals surface area contributed by atoms with Crippen LogP contribution in [0.2, 0.25) is 0 Å². The lowest BCUT2D eigenvalue weighted by atomic mass is 9.92. The maximum atomic E-state index is 12.4. The third-order valence-electron chi connectivity index (χ3n) is 3.47. The molecular formula is C17H18N2O3. The lowest BCUT2D eigenvalue weighted by molar-refractivity contribution is 0.0878. The molecule has 2 rings (SSSR count). The van der Waals surface area contributed by atoms with Crippen molar-refractivity contribution in [3.8, 4) is 6.07 Å². The van der Waals surface area contributed by atoms with Crippen molar-refractivity contribution in [3.05, 3.63) is 58.5 Å². The van der Waals surface area contributed by atoms with Gasteiger partial charge in [0.2, 0.25) is 0 Å². The summed E-state index contributed by atoms with van der Waals surface area (Å²) in [5.41, 5.74) is 1.37. The minimum absolute atomic E-state index is 0.188. The Morgan fingerprint density at radius 2 is 2.14 bits per heavy atom. The SMILES string of the molecule is Cc1cc(CO)oc1C(=O)NC(C)(C)c1cccc(C#N)c1. The highest BCUT2D eigenvalue weighted by atomic mass is 16.4. The van der Waals surface area contributed by atoms with Crippen LogP contribution in [0.4, 0.5) is 0 Å². The molecule has 0 radical (unpaired) electrons. The molecule has 1 heterocycles. The maximum Gasteiger partial charge on any atom is 0.287 e. The molecule has 0 fully saturated rings. The van der Waals surface area contributed by atoms with Crippen LogP contribution in [0.3, 0.4) is 0 Å². The topological polar surface area (TPSA) is 86.3 Å². The van der Waals surface area contributed by atoms with Gasteiger partial charge in [0.15, 0.2) is 5.76 Å². The number of nitrogens with zero attached hydrogens (tertiary/aromatic N) is 1. The Hall–Kier alpha value is -2.58. The lowest BCUT2D eigenvalue weighted by Crippen LogP contribution is -2.41. The van der Waals surface area contributed by atoms with Crippen molar-refractivity contribution in [2.45, 2.75) is 32.9 Å². The highest BCUT2D eigenvalue weighted by Crippen LogP contribution is 2.23. The molecular weight excluding hydrogens is 280 g/mol. The summed E-state index contributed by atoms with van der Waals surface area (Å²) in [5, 5.41) is 20.9. The Labute approximate surface area is 129 Å². The molecule has 114 valence electrons. The maximum absolute atomic E-state index is 12.4. The van der Waals surface area contributed by atoms with Crippen molar-refractivity contribution in [1.82, 2.24) is 5.32 Å². The minimum atomic E-state index is -0.664. The largest absolute Gasteiger partial charge is 0.453 e. The lowest BCUT2D eigenvalue weighted by Gasteiger charge is -2.26. The van der Waals surface area contributed by atoms with Crippen LogP contribution in [0.15, 0.2) is 34.7 Å². The van der Waals surface area contributed by atoms with E-state index in [2.05, 4.69) is 11.4 Å². The molecule has 5 heteroatoms. The molecule has 0 spiro atoms. The third-order valence-corrected chi connectivity index (χ3v) is 3.47. The second kappa shape index (κ2) is 6.04. The predicted octanol–water partition coefficient (Wildman–Crippen LogP) is 2.62. The molecule has 1 amide bonds. The number of furan rings is 1. The number of nitrogens with one attached hydrogen (secondary N) is 1. The monoisotopic (exact) mass is 298 g/mol. The van der Waals surface area contributed by atoms with Crippen LogP contribution >= 0.6 is 0 Å². The second-order valence-electron chi connectivity index (χ2n) is 5.65. The first-order chi connectivity index (χ1) is 10.4. The first-order valence-corrected chi connectivity index (χ1v) is 6.90. The van der Waals surface area contributed by atoms with Crippen LogP contribution in [0, 0.1) is 18.3 Å². The normalized spacial score (nSPS) is 11.0. The molecule has 0 aliphatic carbocycles. The molecule has 2 aromatic rings. The highest BCUT2D eigenvalue weighted by molar-refractivity contribution is 5.93. The number of aliphatic hydroxyl groups excluding tert-OH is 1. The number of aliphatic hydroxyl groups is 1. The average Bonchev–Trinajstić information content (AvgIpc) is 2.88. The van der Waals surface area contributed by atoms with E-state index in [1.165, 1.54) is 0 Å². The molecule has 0 atom stereocenters. The van der Waals surface area contributed by atoms with E-state index in [-0.39, 0.29) is 18.3 Å². The number of amides is 1. The quantitative estimate of drug-likeness (QED) is 0.908. The highest BCUT2D eigenvalue weighted by Gasteiger charge is 2.26. The van der Waals surface area contributed by atoms with Crippen molar-refractivity contribution in [2.24, 2.45) is 0 Å². The smallest absolute Gasteiger partial charge is 0.287 e. The first-order valence-electron chi connectivity index (χ1n) is 6.90. The number of hydrogen-bond donors (Lipinski definition) is 2. The standard InChI is InChI=1S/C17H18N2O3/c1-11-7-14(10-20)22-15(11)16(21)19-17(2,3)13-6-4-5-12(8-13)9-18/h4-8,20H,10H2,1-3H3,(H,19,21). The molecule has 0 aliphatic heterocycles. The van der Waals surface area contributed by atoms with Crippen molar-refractivity contribution in [3.63, 3.8) is 0 Å². The van der Waals surface area contributed by atoms with Crippen LogP contribution in [-0.2, 0) is 12.1 Å². The Morgan fingerprint density at radius 1 is 1.41 bits per heavy atom. The van der Waals surface area contributed by atoms with Gasteiger partial charge in [0.05, 0.1) is 17.2 Å². The zero-order valence-electron chi connectivity index (χ0n) is 12.8. The van der Waals surface area contributed by atoms with E-state index in [1.807, 2.05) is 19.9 Å². The van der Waals surface area contributed by atoms with E-state index < -0.39 is 5.54 Å². The second-order valence-corrected chi connectivity index (χ2v) is 5.65. The molecule has 0 saturated heterocycles. The average molecular weight is 298 g/mol. The van der Waals surface area contributed by atoms with Gasteiger partial charge in [-0.2, -0.15) is 5.26 Å². The Bertz CT molecular complexity index is 739. The fourth-order valence-electron chi connectivity index (χ4n) is 2.24. The van der Waals surface area contributed by atoms with E-state index in [0.29, 0.717) is 16.9 Å². The van der Waals surface area contributed by atoms with Crippen molar-refractivity contribution in [1.29, 1.82) is 5.26 Å². The van der Waals surface area contributed by atoms with Gasteiger partial charge < -0.3 is 14.8 Å². The molecule has 5 nitrogen and oxygen atoms in total. The number of carbonyl (C=O) groups is 1. The number of rotatable bonds is 4. The van der Waals surface area contributed by atoms with Crippen LogP contribution in [0.5, 0.6) is 0 Å². The first kappa shape index (κ1) is 15.8. The Kier molecular flexibility index (Phi) is 4.34. The Morgan fingerprint density at radius 3 is 2.73 bits per heavy atom. The van der Waals surface area contributed by atoms with Gasteiger partial charge in [0, 0.05) is 5.56 Å². The number of hydrogen-bond acceptors (Lipinski definition) is 4. The summed E-state index contributed by atoms with van der Waals surface area (Å²) in [4.78, 5) is 12.4. The van der Waals surface area contributed by atoms with Gasteiger partial charge in [-0.1, -0.05) is 12.1 Å². The van der Waals surface area contributed by atoms with E-state index in [0.717, 1.165) is 5.56 Å². The van der Waals surface area contributed by atoms with Crippen LogP contribution in [0.1, 0.15) is 46.9 Å². The van der Waals surface area contributed by atoms with E-state index >= 15 is 0 Å². The van der Waals surface area contributed by atoms with Crippen LogP contribution in [-0.4, -0.2) is 11.0 Å². The number of aryl methyl sites for hydroxylation is 1. The summed E-state index contributed by atoms with van der Waals surface area (Å²) in [7, 11) is 0.